The van der Waals surface area contributed by atoms with E-state index in [2.05, 4.69) is 21.2 Å². The van der Waals surface area contributed by atoms with Crippen LogP contribution < -0.4 is 11.1 Å². The van der Waals surface area contributed by atoms with Gasteiger partial charge in [0.15, 0.2) is 0 Å². The highest BCUT2D eigenvalue weighted by molar-refractivity contribution is 9.10. The minimum Gasteiger partial charge on any atom is -0.398 e. The van der Waals surface area contributed by atoms with Gasteiger partial charge in [-0.05, 0) is 29.3 Å². The lowest BCUT2D eigenvalue weighted by molar-refractivity contribution is 0.0859. The van der Waals surface area contributed by atoms with Crippen molar-refractivity contribution in [2.24, 2.45) is 0 Å². The van der Waals surface area contributed by atoms with Crippen molar-refractivity contribution in [3.8, 4) is 0 Å². The molecule has 1 amide bonds. The molecule has 0 radical (unpaired) electrons. The van der Waals surface area contributed by atoms with Gasteiger partial charge < -0.3 is 16.2 Å². The van der Waals surface area contributed by atoms with Crippen LogP contribution >= 0.6 is 15.9 Å². The first kappa shape index (κ1) is 14.1. The molecule has 21 heavy (non-hydrogen) atoms. The van der Waals surface area contributed by atoms with Crippen molar-refractivity contribution < 1.29 is 9.90 Å². The minimum atomic E-state index is -0.611. The number of aliphatic hydroxyl groups is 1. The van der Waals surface area contributed by atoms with E-state index >= 15 is 0 Å². The van der Waals surface area contributed by atoms with E-state index in [1.54, 1.807) is 18.2 Å². The van der Waals surface area contributed by atoms with Crippen molar-refractivity contribution in [1.29, 1.82) is 0 Å². The molecule has 0 saturated carbocycles. The number of aliphatic hydroxyl groups excluding tert-OH is 1. The van der Waals surface area contributed by atoms with Crippen LogP contribution in [0, 0.1) is 0 Å². The quantitative estimate of drug-likeness (QED) is 0.731. The molecule has 1 aliphatic carbocycles. The maximum atomic E-state index is 12.4. The molecule has 0 heterocycles. The van der Waals surface area contributed by atoms with Gasteiger partial charge in [-0.2, -0.15) is 0 Å². The highest BCUT2D eigenvalue weighted by atomic mass is 79.9. The summed E-state index contributed by atoms with van der Waals surface area (Å²) in [5.41, 5.74) is 8.70. The number of hydrogen-bond acceptors (Lipinski definition) is 3. The number of nitrogen functional groups attached to an aromatic ring is 1. The van der Waals surface area contributed by atoms with Crippen LogP contribution in [0.3, 0.4) is 0 Å². The Morgan fingerprint density at radius 2 is 2.05 bits per heavy atom. The molecule has 0 fully saturated rings. The third-order valence-corrected chi connectivity index (χ3v) is 4.24. The van der Waals surface area contributed by atoms with Crippen molar-refractivity contribution in [2.45, 2.75) is 18.6 Å². The highest BCUT2D eigenvalue weighted by Gasteiger charge is 2.32. The van der Waals surface area contributed by atoms with Crippen LogP contribution in [0.25, 0.3) is 0 Å². The van der Waals surface area contributed by atoms with Gasteiger partial charge in [0.05, 0.1) is 17.7 Å². The molecule has 0 aliphatic heterocycles. The number of benzene rings is 2. The fourth-order valence-electron chi connectivity index (χ4n) is 2.69. The molecule has 0 saturated heterocycles. The van der Waals surface area contributed by atoms with Crippen LogP contribution in [0.15, 0.2) is 46.9 Å². The Morgan fingerprint density at radius 1 is 1.29 bits per heavy atom. The number of anilines is 1. The van der Waals surface area contributed by atoms with E-state index in [4.69, 9.17) is 5.73 Å². The summed E-state index contributed by atoms with van der Waals surface area (Å²) in [6.07, 6.45) is -0.0607. The lowest BCUT2D eigenvalue weighted by Crippen LogP contribution is -2.34. The lowest BCUT2D eigenvalue weighted by Gasteiger charge is -2.18. The summed E-state index contributed by atoms with van der Waals surface area (Å²) in [6, 6.07) is 12.5. The lowest BCUT2D eigenvalue weighted by atomic mass is 10.1. The molecule has 0 bridgehead atoms. The standard InChI is InChI=1S/C16H15BrN2O2/c17-10-5-6-13(18)12(8-10)16(21)19-15-11-4-2-1-3-9(11)7-14(15)20/h1-6,8,14-15,20H,7,18H2,(H,19,21)/t14-,15+/m1/s1. The first-order valence-corrected chi connectivity index (χ1v) is 7.47. The molecule has 5 heteroatoms. The minimum absolute atomic E-state index is 0.283. The van der Waals surface area contributed by atoms with Gasteiger partial charge >= 0.3 is 0 Å². The van der Waals surface area contributed by atoms with Gasteiger partial charge in [0.25, 0.3) is 5.91 Å². The van der Waals surface area contributed by atoms with Gasteiger partial charge in [-0.1, -0.05) is 40.2 Å². The van der Waals surface area contributed by atoms with Crippen molar-refractivity contribution in [1.82, 2.24) is 5.32 Å². The second kappa shape index (κ2) is 5.50. The number of carbonyl (C=O) groups excluding carboxylic acids is 1. The predicted molar refractivity (Wildman–Crippen MR) is 84.9 cm³/mol. The van der Waals surface area contributed by atoms with E-state index in [1.165, 1.54) is 0 Å². The number of nitrogens with one attached hydrogen (secondary N) is 1. The molecule has 0 spiro atoms. The Hall–Kier alpha value is -1.85. The molecule has 3 rings (SSSR count). The zero-order valence-corrected chi connectivity index (χ0v) is 12.8. The second-order valence-electron chi connectivity index (χ2n) is 5.15. The Morgan fingerprint density at radius 3 is 2.86 bits per heavy atom. The zero-order chi connectivity index (χ0) is 15.0. The van der Waals surface area contributed by atoms with Crippen molar-refractivity contribution in [3.63, 3.8) is 0 Å². The van der Waals surface area contributed by atoms with Gasteiger partial charge in [0, 0.05) is 16.6 Å². The normalized spacial score (nSPS) is 20.1. The number of nitrogens with two attached hydrogens (primary N) is 1. The summed E-state index contributed by atoms with van der Waals surface area (Å²) in [5.74, 6) is -0.283. The van der Waals surface area contributed by atoms with Gasteiger partial charge in [-0.25, -0.2) is 0 Å². The van der Waals surface area contributed by atoms with Crippen molar-refractivity contribution >= 4 is 27.5 Å². The molecule has 2 aromatic carbocycles. The van der Waals surface area contributed by atoms with Gasteiger partial charge in [-0.15, -0.1) is 0 Å². The molecular formula is C16H15BrN2O2. The average molecular weight is 347 g/mol. The number of amides is 1. The summed E-state index contributed by atoms with van der Waals surface area (Å²) >= 11 is 3.33. The van der Waals surface area contributed by atoms with E-state index in [1.807, 2.05) is 24.3 Å². The smallest absolute Gasteiger partial charge is 0.253 e. The fourth-order valence-corrected chi connectivity index (χ4v) is 3.05. The monoisotopic (exact) mass is 346 g/mol. The van der Waals surface area contributed by atoms with Crippen LogP contribution in [0.5, 0.6) is 0 Å². The van der Waals surface area contributed by atoms with Crippen molar-refractivity contribution in [3.05, 3.63) is 63.6 Å². The van der Waals surface area contributed by atoms with Crippen LogP contribution in [0.2, 0.25) is 0 Å². The summed E-state index contributed by atoms with van der Waals surface area (Å²) in [4.78, 5) is 12.4. The fraction of sp³-hybridized carbons (Fsp3) is 0.188. The topological polar surface area (TPSA) is 75.4 Å². The van der Waals surface area contributed by atoms with Crippen LogP contribution in [0.1, 0.15) is 27.5 Å². The molecule has 4 N–H and O–H groups in total. The Kier molecular flexibility index (Phi) is 3.69. The predicted octanol–water partition coefficient (Wildman–Crippen LogP) is 2.42. The second-order valence-corrected chi connectivity index (χ2v) is 6.07. The number of fused-ring (bicyclic) bond motifs is 1. The SMILES string of the molecule is Nc1ccc(Br)cc1C(=O)N[C@H]1c2ccccc2C[C@H]1O. The molecule has 1 aliphatic rings. The summed E-state index contributed by atoms with van der Waals surface area (Å²) in [5, 5.41) is 13.1. The van der Waals surface area contributed by atoms with Crippen LogP contribution in [0.4, 0.5) is 5.69 Å². The largest absolute Gasteiger partial charge is 0.398 e. The van der Waals surface area contributed by atoms with Gasteiger partial charge in [-0.3, -0.25) is 4.79 Å². The molecule has 2 atom stereocenters. The average Bonchev–Trinajstić information content (AvgIpc) is 2.78. The highest BCUT2D eigenvalue weighted by Crippen LogP contribution is 2.31. The summed E-state index contributed by atoms with van der Waals surface area (Å²) in [6.45, 7) is 0. The molecule has 0 unspecified atom stereocenters. The van der Waals surface area contributed by atoms with Crippen LogP contribution in [-0.2, 0) is 6.42 Å². The van der Waals surface area contributed by atoms with E-state index in [-0.39, 0.29) is 5.91 Å². The third kappa shape index (κ3) is 2.66. The molecule has 0 aromatic heterocycles. The summed E-state index contributed by atoms with van der Waals surface area (Å²) < 4.78 is 0.786. The van der Waals surface area contributed by atoms with Crippen molar-refractivity contribution in [2.75, 3.05) is 5.73 Å². The van der Waals surface area contributed by atoms with E-state index in [0.717, 1.165) is 15.6 Å². The Bertz CT molecular complexity index is 702. The first-order chi connectivity index (χ1) is 10.1. The maximum Gasteiger partial charge on any atom is 0.253 e. The van der Waals surface area contributed by atoms with E-state index < -0.39 is 12.1 Å². The number of carbonyl (C=O) groups is 1. The number of rotatable bonds is 2. The molecule has 2 aromatic rings. The number of hydrogen-bond donors (Lipinski definition) is 3. The zero-order valence-electron chi connectivity index (χ0n) is 11.2. The molecular weight excluding hydrogens is 332 g/mol. The Balaban J connectivity index is 1.87. The third-order valence-electron chi connectivity index (χ3n) is 3.75. The molecule has 108 valence electrons. The van der Waals surface area contributed by atoms with Gasteiger partial charge in [0.2, 0.25) is 0 Å². The maximum absolute atomic E-state index is 12.4. The Labute approximate surface area is 131 Å². The van der Waals surface area contributed by atoms with Gasteiger partial charge in [0.1, 0.15) is 0 Å². The molecule has 4 nitrogen and oxygen atoms in total. The summed E-state index contributed by atoms with van der Waals surface area (Å²) in [7, 11) is 0. The van der Waals surface area contributed by atoms with E-state index in [0.29, 0.717) is 17.7 Å². The van der Waals surface area contributed by atoms with E-state index in [9.17, 15) is 9.90 Å². The first-order valence-electron chi connectivity index (χ1n) is 6.68. The van der Waals surface area contributed by atoms with Crippen LogP contribution in [-0.4, -0.2) is 17.1 Å². The number of halogens is 1.